The maximum Gasteiger partial charge on any atom is 0.250 e. The normalized spacial score (nSPS) is 27.4. The number of benzene rings is 2. The first kappa shape index (κ1) is 26.5. The van der Waals surface area contributed by atoms with Crippen LogP contribution in [0.4, 0.5) is 11.4 Å². The number of aliphatic hydroxyl groups excluding tert-OH is 1. The number of fused-ring (bicyclic) bond motifs is 1. The van der Waals surface area contributed by atoms with Gasteiger partial charge in [-0.05, 0) is 69.0 Å². The van der Waals surface area contributed by atoms with Crippen LogP contribution in [-0.2, 0) is 19.1 Å². The minimum Gasteiger partial charge on any atom is -0.494 e. The van der Waals surface area contributed by atoms with Gasteiger partial charge in [0.25, 0.3) is 0 Å². The highest BCUT2D eigenvalue weighted by molar-refractivity contribution is 6.34. The van der Waals surface area contributed by atoms with E-state index in [9.17, 15) is 19.5 Å². The van der Waals surface area contributed by atoms with Crippen LogP contribution in [-0.4, -0.2) is 65.2 Å². The lowest BCUT2D eigenvalue weighted by molar-refractivity contribution is -0.139. The van der Waals surface area contributed by atoms with Gasteiger partial charge in [-0.2, -0.15) is 0 Å². The minimum atomic E-state index is -1.13. The summed E-state index contributed by atoms with van der Waals surface area (Å²) >= 11 is 6.37. The second-order valence-corrected chi connectivity index (χ2v) is 10.4. The van der Waals surface area contributed by atoms with Gasteiger partial charge in [0.15, 0.2) is 0 Å². The fraction of sp³-hybridized carbons (Fsp3) is 0.464. The van der Waals surface area contributed by atoms with Crippen LogP contribution in [0.1, 0.15) is 31.7 Å². The van der Waals surface area contributed by atoms with Crippen molar-refractivity contribution < 1.29 is 29.0 Å². The third kappa shape index (κ3) is 4.42. The molecule has 1 spiro atoms. The van der Waals surface area contributed by atoms with E-state index in [1.165, 1.54) is 4.90 Å². The Balaban J connectivity index is 1.43. The summed E-state index contributed by atoms with van der Waals surface area (Å²) in [6.45, 7) is 4.31. The third-order valence-corrected chi connectivity index (χ3v) is 8.13. The highest BCUT2D eigenvalue weighted by Gasteiger charge is 2.74. The number of aryl methyl sites for hydroxylation is 1. The molecule has 2 aromatic carbocycles. The predicted molar refractivity (Wildman–Crippen MR) is 142 cm³/mol. The number of carbonyl (C=O) groups excluding carboxylic acids is 3. The molecule has 3 amide bonds. The second kappa shape index (κ2) is 10.6. The number of aliphatic hydroxyl groups is 1. The molecule has 3 heterocycles. The molecule has 9 nitrogen and oxygen atoms in total. The quantitative estimate of drug-likeness (QED) is 0.448. The molecule has 0 aliphatic carbocycles. The summed E-state index contributed by atoms with van der Waals surface area (Å²) in [5.41, 5.74) is 0.722. The van der Waals surface area contributed by atoms with Crippen molar-refractivity contribution in [2.24, 2.45) is 11.8 Å². The zero-order valence-corrected chi connectivity index (χ0v) is 22.2. The standard InChI is InChI=1S/C28H32ClN3O6/c1-3-37-18-10-8-17(9-11-18)30-25(34)21-20-12-13-28(38-20)22(21)27(36)32(14-5-15-33)24(28)26(35)31-23-16(2)6-4-7-19(23)29/h4,6-11,20-22,24,33H,3,5,12-15H2,1-2H3,(H,30,34)(H,31,35)/t20-,21+,22-,24?,28?/m0/s1. The van der Waals surface area contributed by atoms with Gasteiger partial charge in [-0.3, -0.25) is 14.4 Å². The van der Waals surface area contributed by atoms with Crippen LogP contribution in [0.15, 0.2) is 42.5 Å². The van der Waals surface area contributed by atoms with Crippen LogP contribution in [0.5, 0.6) is 5.75 Å². The zero-order chi connectivity index (χ0) is 27.0. The monoisotopic (exact) mass is 541 g/mol. The van der Waals surface area contributed by atoms with Crippen molar-refractivity contribution >= 4 is 40.7 Å². The van der Waals surface area contributed by atoms with E-state index in [0.717, 1.165) is 5.56 Å². The SMILES string of the molecule is CCOc1ccc(NC(=O)[C@@H]2[C@@H]3CCC4(O3)C(C(=O)Nc3c(C)cccc3Cl)N(CCCO)C(=O)[C@H]24)cc1. The molecular weight excluding hydrogens is 510 g/mol. The van der Waals surface area contributed by atoms with Gasteiger partial charge in [0.2, 0.25) is 17.7 Å². The van der Waals surface area contributed by atoms with Crippen LogP contribution < -0.4 is 15.4 Å². The molecule has 3 N–H and O–H groups in total. The van der Waals surface area contributed by atoms with Gasteiger partial charge in [0.1, 0.15) is 17.4 Å². The fourth-order valence-corrected chi connectivity index (χ4v) is 6.51. The first-order chi connectivity index (χ1) is 18.3. The molecule has 2 unspecified atom stereocenters. The smallest absolute Gasteiger partial charge is 0.250 e. The van der Waals surface area contributed by atoms with Gasteiger partial charge < -0.3 is 30.1 Å². The summed E-state index contributed by atoms with van der Waals surface area (Å²) in [4.78, 5) is 42.6. The number of likely N-dealkylation sites (tertiary alicyclic amines) is 1. The van der Waals surface area contributed by atoms with E-state index in [2.05, 4.69) is 10.6 Å². The predicted octanol–water partition coefficient (Wildman–Crippen LogP) is 3.38. The van der Waals surface area contributed by atoms with E-state index in [-0.39, 0.29) is 25.0 Å². The van der Waals surface area contributed by atoms with Crippen molar-refractivity contribution in [1.82, 2.24) is 4.90 Å². The number of anilines is 2. The van der Waals surface area contributed by atoms with Crippen LogP contribution in [0.25, 0.3) is 0 Å². The van der Waals surface area contributed by atoms with Crippen LogP contribution >= 0.6 is 11.6 Å². The molecule has 202 valence electrons. The molecule has 5 rings (SSSR count). The Labute approximate surface area is 226 Å². The molecule has 2 bridgehead atoms. The second-order valence-electron chi connectivity index (χ2n) is 10.0. The molecule has 2 aromatic rings. The largest absolute Gasteiger partial charge is 0.494 e. The topological polar surface area (TPSA) is 117 Å². The Morgan fingerprint density at radius 1 is 1.18 bits per heavy atom. The number of ether oxygens (including phenoxy) is 2. The summed E-state index contributed by atoms with van der Waals surface area (Å²) in [7, 11) is 0. The van der Waals surface area contributed by atoms with E-state index in [1.807, 2.05) is 19.9 Å². The highest BCUT2D eigenvalue weighted by Crippen LogP contribution is 2.58. The summed E-state index contributed by atoms with van der Waals surface area (Å²) in [6.07, 6.45) is 0.879. The average Bonchev–Trinajstić information content (AvgIpc) is 3.53. The Morgan fingerprint density at radius 2 is 1.95 bits per heavy atom. The number of hydrogen-bond acceptors (Lipinski definition) is 6. The van der Waals surface area contributed by atoms with E-state index >= 15 is 0 Å². The zero-order valence-electron chi connectivity index (χ0n) is 21.4. The number of hydrogen-bond donors (Lipinski definition) is 3. The third-order valence-electron chi connectivity index (χ3n) is 7.81. The fourth-order valence-electron chi connectivity index (χ4n) is 6.24. The van der Waals surface area contributed by atoms with Gasteiger partial charge in [0, 0.05) is 18.8 Å². The van der Waals surface area contributed by atoms with Gasteiger partial charge in [-0.1, -0.05) is 23.7 Å². The number of nitrogens with zero attached hydrogens (tertiary/aromatic N) is 1. The maximum atomic E-state index is 13.8. The maximum absolute atomic E-state index is 13.8. The molecule has 0 aromatic heterocycles. The summed E-state index contributed by atoms with van der Waals surface area (Å²) < 4.78 is 11.9. The molecule has 0 radical (unpaired) electrons. The molecule has 3 aliphatic heterocycles. The minimum absolute atomic E-state index is 0.134. The van der Waals surface area contributed by atoms with Crippen molar-refractivity contribution in [1.29, 1.82) is 0 Å². The van der Waals surface area contributed by atoms with Crippen LogP contribution in [0.2, 0.25) is 5.02 Å². The van der Waals surface area contributed by atoms with E-state index < -0.39 is 35.5 Å². The summed E-state index contributed by atoms with van der Waals surface area (Å²) in [5.74, 6) is -1.87. The molecular formula is C28H32ClN3O6. The van der Waals surface area contributed by atoms with Crippen LogP contribution in [0.3, 0.4) is 0 Å². The molecule has 10 heteroatoms. The number of rotatable bonds is 9. The van der Waals surface area contributed by atoms with Crippen molar-refractivity contribution in [3.8, 4) is 5.75 Å². The lowest BCUT2D eigenvalue weighted by Crippen LogP contribution is -2.53. The highest BCUT2D eigenvalue weighted by atomic mass is 35.5. The molecule has 3 fully saturated rings. The Hall–Kier alpha value is -3.14. The first-order valence-electron chi connectivity index (χ1n) is 13.0. The van der Waals surface area contributed by atoms with Crippen molar-refractivity contribution in [2.75, 3.05) is 30.4 Å². The number of carbonyl (C=O) groups is 3. The van der Waals surface area contributed by atoms with Gasteiger partial charge in [-0.15, -0.1) is 0 Å². The average molecular weight is 542 g/mol. The molecule has 3 saturated heterocycles. The molecule has 5 atom stereocenters. The van der Waals surface area contributed by atoms with E-state index in [1.54, 1.807) is 36.4 Å². The van der Waals surface area contributed by atoms with Gasteiger partial charge >= 0.3 is 0 Å². The Bertz CT molecular complexity index is 1220. The Morgan fingerprint density at radius 3 is 2.63 bits per heavy atom. The number of amides is 3. The van der Waals surface area contributed by atoms with Crippen molar-refractivity contribution in [2.45, 2.75) is 50.9 Å². The summed E-state index contributed by atoms with van der Waals surface area (Å²) in [5, 5.41) is 15.7. The molecule has 0 saturated carbocycles. The lowest BCUT2D eigenvalue weighted by Gasteiger charge is -2.33. The Kier molecular flexibility index (Phi) is 7.35. The van der Waals surface area contributed by atoms with Crippen molar-refractivity contribution in [3.05, 3.63) is 53.1 Å². The van der Waals surface area contributed by atoms with E-state index in [4.69, 9.17) is 21.1 Å². The molecule has 3 aliphatic rings. The summed E-state index contributed by atoms with van der Waals surface area (Å²) in [6, 6.07) is 11.4. The van der Waals surface area contributed by atoms with Crippen molar-refractivity contribution in [3.63, 3.8) is 0 Å². The first-order valence-corrected chi connectivity index (χ1v) is 13.4. The number of para-hydroxylation sites is 1. The van der Waals surface area contributed by atoms with Gasteiger partial charge in [-0.25, -0.2) is 0 Å². The van der Waals surface area contributed by atoms with Gasteiger partial charge in [0.05, 0.1) is 35.3 Å². The molecule has 38 heavy (non-hydrogen) atoms. The number of nitrogens with one attached hydrogen (secondary N) is 2. The van der Waals surface area contributed by atoms with E-state index in [0.29, 0.717) is 48.0 Å². The number of halogens is 1. The van der Waals surface area contributed by atoms with Crippen LogP contribution in [0, 0.1) is 18.8 Å². The lowest BCUT2D eigenvalue weighted by atomic mass is 9.70.